The topological polar surface area (TPSA) is 57.5 Å². The molecule has 0 bridgehead atoms. The third kappa shape index (κ3) is 6.67. The maximum Gasteiger partial charge on any atom is 0.328 e. The lowest BCUT2D eigenvalue weighted by atomic mass is 10.2. The van der Waals surface area contributed by atoms with Crippen molar-refractivity contribution in [3.63, 3.8) is 0 Å². The van der Waals surface area contributed by atoms with E-state index in [0.717, 1.165) is 17.9 Å². The summed E-state index contributed by atoms with van der Waals surface area (Å²) in [5.74, 6) is -0.922. The fourth-order valence-corrected chi connectivity index (χ4v) is 0.732. The summed E-state index contributed by atoms with van der Waals surface area (Å²) < 4.78 is 0. The van der Waals surface area contributed by atoms with Crippen molar-refractivity contribution < 1.29 is 15.0 Å². The molecule has 1 rings (SSSR count). The summed E-state index contributed by atoms with van der Waals surface area (Å²) in [4.78, 5) is 10.1. The molecule has 1 aromatic carbocycles. The van der Waals surface area contributed by atoms with Crippen molar-refractivity contribution >= 4 is 12.0 Å². The molecule has 2 N–H and O–H groups in total. The zero-order chi connectivity index (χ0) is 10.8. The molecule has 0 aliphatic heterocycles. The fraction of sp³-hybridized carbons (Fsp3) is 0. The number of aliphatic hydroxyl groups excluding tert-OH is 1. The summed E-state index contributed by atoms with van der Waals surface area (Å²) in [5.41, 5.74) is 0.898. The molecule has 14 heavy (non-hydrogen) atoms. The van der Waals surface area contributed by atoms with Crippen LogP contribution >= 0.6 is 0 Å². The summed E-state index contributed by atoms with van der Waals surface area (Å²) >= 11 is 0. The van der Waals surface area contributed by atoms with E-state index in [1.165, 1.54) is 0 Å². The zero-order valence-corrected chi connectivity index (χ0v) is 7.63. The third-order valence-electron chi connectivity index (χ3n) is 1.22. The molecule has 0 unspecified atom stereocenters. The van der Waals surface area contributed by atoms with Gasteiger partial charge in [0.05, 0.1) is 6.26 Å². The van der Waals surface area contributed by atoms with E-state index < -0.39 is 5.97 Å². The van der Waals surface area contributed by atoms with Crippen LogP contribution in [0.1, 0.15) is 5.56 Å². The molecule has 0 atom stereocenters. The molecule has 0 aromatic heterocycles. The normalized spacial score (nSPS) is 8.86. The van der Waals surface area contributed by atoms with Gasteiger partial charge in [-0.05, 0) is 11.6 Å². The predicted molar refractivity (Wildman–Crippen MR) is 55.9 cm³/mol. The van der Waals surface area contributed by atoms with Crippen LogP contribution in [0.25, 0.3) is 6.08 Å². The molecule has 0 saturated heterocycles. The molecule has 0 spiro atoms. The maximum atomic E-state index is 10.1. The Morgan fingerprint density at radius 3 is 2.21 bits per heavy atom. The Labute approximate surface area is 82.6 Å². The van der Waals surface area contributed by atoms with Crippen LogP contribution in [-0.2, 0) is 4.79 Å². The Morgan fingerprint density at radius 1 is 1.29 bits per heavy atom. The van der Waals surface area contributed by atoms with Gasteiger partial charge in [0.25, 0.3) is 0 Å². The van der Waals surface area contributed by atoms with Crippen molar-refractivity contribution in [3.8, 4) is 0 Å². The molecule has 3 heteroatoms. The van der Waals surface area contributed by atoms with Gasteiger partial charge in [-0.15, -0.1) is 0 Å². The largest absolute Gasteiger partial charge is 0.516 e. The van der Waals surface area contributed by atoms with Gasteiger partial charge < -0.3 is 10.2 Å². The van der Waals surface area contributed by atoms with Crippen molar-refractivity contribution in [2.75, 3.05) is 0 Å². The monoisotopic (exact) mass is 192 g/mol. The average molecular weight is 192 g/mol. The van der Waals surface area contributed by atoms with E-state index >= 15 is 0 Å². The first-order valence-electron chi connectivity index (χ1n) is 3.92. The molecule has 0 aliphatic rings. The molecule has 0 radical (unpaired) electrons. The Kier molecular flexibility index (Phi) is 6.51. The minimum absolute atomic E-state index is 0.750. The SMILES string of the molecule is C=CO.O=C(O)/C=C/c1ccccc1. The Balaban J connectivity index is 0.000000500. The molecule has 0 saturated carbocycles. The third-order valence-corrected chi connectivity index (χ3v) is 1.22. The quantitative estimate of drug-likeness (QED) is 0.559. The maximum absolute atomic E-state index is 10.1. The van der Waals surface area contributed by atoms with E-state index in [4.69, 9.17) is 10.2 Å². The van der Waals surface area contributed by atoms with Crippen LogP contribution in [0.5, 0.6) is 0 Å². The summed E-state index contributed by atoms with van der Waals surface area (Å²) in [6.45, 7) is 2.92. The van der Waals surface area contributed by atoms with Gasteiger partial charge in [-0.3, -0.25) is 0 Å². The second kappa shape index (κ2) is 7.61. The minimum atomic E-state index is -0.922. The molecular formula is C11H12O3. The number of hydrogen-bond donors (Lipinski definition) is 2. The van der Waals surface area contributed by atoms with Gasteiger partial charge in [0.1, 0.15) is 0 Å². The van der Waals surface area contributed by atoms with Crippen LogP contribution in [0.2, 0.25) is 0 Å². The summed E-state index contributed by atoms with van der Waals surface area (Å²) in [7, 11) is 0. The smallest absolute Gasteiger partial charge is 0.328 e. The number of carboxylic acids is 1. The van der Waals surface area contributed by atoms with Gasteiger partial charge in [-0.2, -0.15) is 0 Å². The second-order valence-corrected chi connectivity index (χ2v) is 2.26. The van der Waals surface area contributed by atoms with Gasteiger partial charge in [0, 0.05) is 6.08 Å². The van der Waals surface area contributed by atoms with Gasteiger partial charge in [-0.1, -0.05) is 36.9 Å². The summed E-state index contributed by atoms with van der Waals surface area (Å²) in [6.07, 6.45) is 3.43. The van der Waals surface area contributed by atoms with E-state index in [2.05, 4.69) is 6.58 Å². The van der Waals surface area contributed by atoms with Crippen molar-refractivity contribution in [2.45, 2.75) is 0 Å². The van der Waals surface area contributed by atoms with E-state index in [9.17, 15) is 4.79 Å². The van der Waals surface area contributed by atoms with Crippen LogP contribution in [-0.4, -0.2) is 16.2 Å². The highest BCUT2D eigenvalue weighted by Gasteiger charge is 1.85. The molecule has 0 heterocycles. The Bertz CT molecular complexity index is 302. The highest BCUT2D eigenvalue weighted by molar-refractivity contribution is 5.85. The van der Waals surface area contributed by atoms with Crippen LogP contribution in [0.4, 0.5) is 0 Å². The number of aliphatic hydroxyl groups is 1. The number of rotatable bonds is 2. The molecule has 0 aliphatic carbocycles. The van der Waals surface area contributed by atoms with Crippen LogP contribution in [0, 0.1) is 0 Å². The zero-order valence-electron chi connectivity index (χ0n) is 7.63. The highest BCUT2D eigenvalue weighted by Crippen LogP contribution is 1.99. The first kappa shape index (κ1) is 12.0. The molecule has 0 amide bonds. The van der Waals surface area contributed by atoms with Crippen molar-refractivity contribution in [2.24, 2.45) is 0 Å². The second-order valence-electron chi connectivity index (χ2n) is 2.26. The van der Waals surface area contributed by atoms with E-state index in [1.807, 2.05) is 30.3 Å². The minimum Gasteiger partial charge on any atom is -0.516 e. The van der Waals surface area contributed by atoms with Crippen molar-refractivity contribution in [1.29, 1.82) is 0 Å². The molecule has 1 aromatic rings. The fourth-order valence-electron chi connectivity index (χ4n) is 0.732. The van der Waals surface area contributed by atoms with E-state index in [0.29, 0.717) is 0 Å². The average Bonchev–Trinajstić information content (AvgIpc) is 2.18. The van der Waals surface area contributed by atoms with Crippen LogP contribution < -0.4 is 0 Å². The lowest BCUT2D eigenvalue weighted by molar-refractivity contribution is -0.131. The van der Waals surface area contributed by atoms with Crippen LogP contribution in [0.15, 0.2) is 49.2 Å². The first-order chi connectivity index (χ1) is 6.70. The van der Waals surface area contributed by atoms with Gasteiger partial charge in [0.2, 0.25) is 0 Å². The molecule has 74 valence electrons. The summed E-state index contributed by atoms with van der Waals surface area (Å²) in [6, 6.07) is 9.31. The number of carbonyl (C=O) groups is 1. The number of hydrogen-bond acceptors (Lipinski definition) is 2. The molecular weight excluding hydrogens is 180 g/mol. The van der Waals surface area contributed by atoms with Crippen molar-refractivity contribution in [1.82, 2.24) is 0 Å². The first-order valence-corrected chi connectivity index (χ1v) is 3.92. The molecule has 3 nitrogen and oxygen atoms in total. The Hall–Kier alpha value is -2.03. The highest BCUT2D eigenvalue weighted by atomic mass is 16.4. The van der Waals surface area contributed by atoms with Crippen molar-refractivity contribution in [3.05, 3.63) is 54.8 Å². The van der Waals surface area contributed by atoms with Crippen LogP contribution in [0.3, 0.4) is 0 Å². The molecule has 0 fully saturated rings. The lowest BCUT2D eigenvalue weighted by Gasteiger charge is -1.87. The summed E-state index contributed by atoms with van der Waals surface area (Å²) in [5, 5.41) is 15.6. The van der Waals surface area contributed by atoms with Gasteiger partial charge >= 0.3 is 5.97 Å². The van der Waals surface area contributed by atoms with Gasteiger partial charge in [0.15, 0.2) is 0 Å². The number of benzene rings is 1. The van der Waals surface area contributed by atoms with Gasteiger partial charge in [-0.25, -0.2) is 4.79 Å². The van der Waals surface area contributed by atoms with E-state index in [1.54, 1.807) is 6.08 Å². The lowest BCUT2D eigenvalue weighted by Crippen LogP contribution is -1.85. The standard InChI is InChI=1S/C9H8O2.C2H4O/c10-9(11)7-6-8-4-2-1-3-5-8;1-2-3/h1-7H,(H,10,11);2-3H,1H2/b7-6+;. The predicted octanol–water partition coefficient (Wildman–Crippen LogP) is 2.47. The number of carboxylic acid groups (broad SMARTS) is 1. The number of aliphatic carboxylic acids is 1. The Morgan fingerprint density at radius 2 is 1.79 bits per heavy atom. The van der Waals surface area contributed by atoms with E-state index in [-0.39, 0.29) is 0 Å².